The number of halogens is 5. The van der Waals surface area contributed by atoms with Crippen LogP contribution in [0.5, 0.6) is 0 Å². The number of rotatable bonds is 4. The van der Waals surface area contributed by atoms with Crippen molar-refractivity contribution in [3.05, 3.63) is 64.2 Å². The van der Waals surface area contributed by atoms with E-state index >= 15 is 0 Å². The number of aromatic nitrogens is 4. The van der Waals surface area contributed by atoms with Crippen molar-refractivity contribution in [1.82, 2.24) is 19.7 Å². The van der Waals surface area contributed by atoms with Gasteiger partial charge in [-0.05, 0) is 41.8 Å². The molecule has 0 atom stereocenters. The van der Waals surface area contributed by atoms with Gasteiger partial charge in [-0.25, -0.2) is 19.0 Å². The lowest BCUT2D eigenvalue weighted by Gasteiger charge is -2.26. The number of ether oxygens (including phenoxy) is 1. The second kappa shape index (κ2) is 8.91. The van der Waals surface area contributed by atoms with Gasteiger partial charge in [0, 0.05) is 17.8 Å². The van der Waals surface area contributed by atoms with Crippen LogP contribution in [-0.2, 0) is 28.5 Å². The lowest BCUT2D eigenvalue weighted by molar-refractivity contribution is -0.140. The number of carbonyl (C=O) groups excluding carboxylic acids is 1. The Morgan fingerprint density at radius 1 is 1.18 bits per heavy atom. The number of nitrogen functional groups attached to an aromatic ring is 1. The number of benzene rings is 2. The number of nitrogens with two attached hydrogens (primary N) is 1. The molecule has 2 aromatic carbocycles. The van der Waals surface area contributed by atoms with E-state index in [4.69, 9.17) is 27.2 Å². The molecule has 38 heavy (non-hydrogen) atoms. The first-order valence-electron chi connectivity index (χ1n) is 11.7. The topological polar surface area (TPSA) is 99.2 Å². The summed E-state index contributed by atoms with van der Waals surface area (Å²) in [6.45, 7) is 1.28. The Bertz CT molecular complexity index is 1600. The number of anilines is 2. The molecule has 1 fully saturated rings. The van der Waals surface area contributed by atoms with Gasteiger partial charge in [0.05, 0.1) is 35.6 Å². The van der Waals surface area contributed by atoms with Gasteiger partial charge in [0.1, 0.15) is 29.7 Å². The number of alkyl halides is 3. The minimum atomic E-state index is -4.86. The third kappa shape index (κ3) is 3.95. The summed E-state index contributed by atoms with van der Waals surface area (Å²) in [7, 11) is 0. The van der Waals surface area contributed by atoms with Gasteiger partial charge in [0.15, 0.2) is 5.65 Å². The Hall–Kier alpha value is -3.77. The van der Waals surface area contributed by atoms with E-state index in [9.17, 15) is 22.4 Å². The van der Waals surface area contributed by atoms with E-state index < -0.39 is 23.5 Å². The molecular weight excluding hydrogens is 528 g/mol. The van der Waals surface area contributed by atoms with Crippen molar-refractivity contribution in [2.45, 2.75) is 25.1 Å². The smallest absolute Gasteiger partial charge is 0.383 e. The number of fused-ring (bicyclic) bond motifs is 2. The average molecular weight is 547 g/mol. The van der Waals surface area contributed by atoms with Crippen molar-refractivity contribution in [3.8, 4) is 11.3 Å². The van der Waals surface area contributed by atoms with Gasteiger partial charge in [-0.2, -0.15) is 18.3 Å². The molecule has 0 aliphatic carbocycles. The number of amides is 1. The lowest BCUT2D eigenvalue weighted by Crippen LogP contribution is -2.31. The molecule has 4 aromatic rings. The fraction of sp³-hybridized carbons (Fsp3) is 0.280. The molecule has 0 spiro atoms. The summed E-state index contributed by atoms with van der Waals surface area (Å²) in [5, 5.41) is 5.69. The van der Waals surface area contributed by atoms with Gasteiger partial charge in [-0.15, -0.1) is 0 Å². The van der Waals surface area contributed by atoms with E-state index in [1.165, 1.54) is 17.3 Å². The molecule has 1 saturated heterocycles. The number of nitrogens with zero attached hydrogens (tertiary/aromatic N) is 5. The van der Waals surface area contributed by atoms with Crippen molar-refractivity contribution in [2.24, 2.45) is 0 Å². The van der Waals surface area contributed by atoms with Crippen LogP contribution in [0.15, 0.2) is 36.7 Å². The monoisotopic (exact) mass is 546 g/mol. The van der Waals surface area contributed by atoms with Crippen LogP contribution in [0.1, 0.15) is 22.7 Å². The first-order valence-corrected chi connectivity index (χ1v) is 12.1. The molecule has 0 unspecified atom stereocenters. The van der Waals surface area contributed by atoms with E-state index in [1.807, 2.05) is 0 Å². The Balaban J connectivity index is 1.33. The molecule has 2 aliphatic rings. The second-order valence-corrected chi connectivity index (χ2v) is 9.53. The van der Waals surface area contributed by atoms with Crippen LogP contribution in [0, 0.1) is 5.82 Å². The standard InChI is InChI=1S/C25H19ClF4N6O2/c26-21-14-5-6-35(19(37)8-12-1-3-17(27)16(7-12)25(28,29)30)18(14)4-2-15(21)22-20-23(31)32-11-33-24(20)36(34-22)13-9-38-10-13/h1-4,7,11,13H,5-6,8-10H2,(H2,31,32,33). The largest absolute Gasteiger partial charge is 0.419 e. The van der Waals surface area contributed by atoms with Crippen LogP contribution in [0.25, 0.3) is 22.3 Å². The van der Waals surface area contributed by atoms with Crippen LogP contribution in [0.3, 0.4) is 0 Å². The summed E-state index contributed by atoms with van der Waals surface area (Å²) in [6, 6.07) is 6.03. The third-order valence-corrected chi connectivity index (χ3v) is 7.26. The number of carbonyl (C=O) groups is 1. The molecule has 4 heterocycles. The summed E-state index contributed by atoms with van der Waals surface area (Å²) in [4.78, 5) is 23.0. The summed E-state index contributed by atoms with van der Waals surface area (Å²) in [5.41, 5.74) is 7.78. The Labute approximate surface area is 218 Å². The van der Waals surface area contributed by atoms with Crippen LogP contribution < -0.4 is 10.6 Å². The highest BCUT2D eigenvalue weighted by atomic mass is 35.5. The molecule has 196 valence electrons. The average Bonchev–Trinajstić information content (AvgIpc) is 3.43. The van der Waals surface area contributed by atoms with Crippen molar-refractivity contribution in [2.75, 3.05) is 30.4 Å². The predicted molar refractivity (Wildman–Crippen MR) is 131 cm³/mol. The molecule has 13 heteroatoms. The number of hydrogen-bond donors (Lipinski definition) is 1. The zero-order chi connectivity index (χ0) is 26.8. The van der Waals surface area contributed by atoms with E-state index in [1.54, 1.807) is 16.8 Å². The molecule has 8 nitrogen and oxygen atoms in total. The molecule has 0 radical (unpaired) electrons. The molecule has 6 rings (SSSR count). The van der Waals surface area contributed by atoms with E-state index in [-0.39, 0.29) is 23.8 Å². The van der Waals surface area contributed by atoms with Crippen LogP contribution in [-0.4, -0.2) is 45.4 Å². The predicted octanol–water partition coefficient (Wildman–Crippen LogP) is 4.59. The molecule has 0 bridgehead atoms. The van der Waals surface area contributed by atoms with Gasteiger partial charge in [0.2, 0.25) is 5.91 Å². The van der Waals surface area contributed by atoms with Gasteiger partial charge in [-0.3, -0.25) is 4.79 Å². The second-order valence-electron chi connectivity index (χ2n) is 9.15. The molecular formula is C25H19ClF4N6O2. The van der Waals surface area contributed by atoms with Gasteiger partial charge < -0.3 is 15.4 Å². The molecule has 2 aromatic heterocycles. The zero-order valence-corrected chi connectivity index (χ0v) is 20.4. The molecule has 0 saturated carbocycles. The molecule has 1 amide bonds. The van der Waals surface area contributed by atoms with E-state index in [2.05, 4.69) is 9.97 Å². The van der Waals surface area contributed by atoms with E-state index in [0.717, 1.165) is 6.07 Å². The lowest BCUT2D eigenvalue weighted by atomic mass is 10.0. The highest BCUT2D eigenvalue weighted by Gasteiger charge is 2.35. The van der Waals surface area contributed by atoms with Gasteiger partial charge >= 0.3 is 6.18 Å². The van der Waals surface area contributed by atoms with Gasteiger partial charge in [-0.1, -0.05) is 17.7 Å². The first-order chi connectivity index (χ1) is 18.1. The van der Waals surface area contributed by atoms with Crippen molar-refractivity contribution >= 4 is 40.0 Å². The van der Waals surface area contributed by atoms with Crippen LogP contribution in [0.2, 0.25) is 5.02 Å². The summed E-state index contributed by atoms with van der Waals surface area (Å²) >= 11 is 6.84. The Kier molecular flexibility index (Phi) is 5.76. The summed E-state index contributed by atoms with van der Waals surface area (Å²) in [5.74, 6) is -1.56. The maximum Gasteiger partial charge on any atom is 0.419 e. The minimum absolute atomic E-state index is 0.00573. The highest BCUT2D eigenvalue weighted by molar-refractivity contribution is 6.35. The minimum Gasteiger partial charge on any atom is -0.383 e. The summed E-state index contributed by atoms with van der Waals surface area (Å²) < 4.78 is 60.0. The first kappa shape index (κ1) is 24.6. The van der Waals surface area contributed by atoms with Crippen molar-refractivity contribution in [3.63, 3.8) is 0 Å². The summed E-state index contributed by atoms with van der Waals surface area (Å²) in [6.07, 6.45) is -3.38. The van der Waals surface area contributed by atoms with Crippen LogP contribution >= 0.6 is 11.6 Å². The van der Waals surface area contributed by atoms with Crippen LogP contribution in [0.4, 0.5) is 29.1 Å². The van der Waals surface area contributed by atoms with Crippen molar-refractivity contribution < 1.29 is 27.1 Å². The number of hydrogen-bond acceptors (Lipinski definition) is 6. The SMILES string of the molecule is Nc1ncnc2c1c(-c1ccc3c(c1Cl)CCN3C(=O)Cc1ccc(F)c(C(F)(F)F)c1)nn2C1COC1. The Morgan fingerprint density at radius 3 is 2.68 bits per heavy atom. The molecule has 2 N–H and O–H groups in total. The highest BCUT2D eigenvalue weighted by Crippen LogP contribution is 2.43. The quantitative estimate of drug-likeness (QED) is 0.376. The fourth-order valence-corrected chi connectivity index (χ4v) is 5.20. The third-order valence-electron chi connectivity index (χ3n) is 6.83. The molecule has 2 aliphatic heterocycles. The zero-order valence-electron chi connectivity index (χ0n) is 19.6. The van der Waals surface area contributed by atoms with E-state index in [0.29, 0.717) is 70.8 Å². The maximum absolute atomic E-state index is 13.7. The Morgan fingerprint density at radius 2 is 1.97 bits per heavy atom. The fourth-order valence-electron chi connectivity index (χ4n) is 4.86. The van der Waals surface area contributed by atoms with Crippen molar-refractivity contribution in [1.29, 1.82) is 0 Å². The normalized spacial score (nSPS) is 15.7. The maximum atomic E-state index is 13.7. The van der Waals surface area contributed by atoms with Gasteiger partial charge in [0.25, 0.3) is 0 Å².